The third kappa shape index (κ3) is 6.36. The highest BCUT2D eigenvalue weighted by atomic mass is 35.5. The molecule has 0 aliphatic rings. The molecule has 1 rings (SSSR count). The Morgan fingerprint density at radius 1 is 1.24 bits per heavy atom. The van der Waals surface area contributed by atoms with E-state index in [1.807, 2.05) is 20.8 Å². The van der Waals surface area contributed by atoms with E-state index in [1.54, 1.807) is 18.2 Å². The summed E-state index contributed by atoms with van der Waals surface area (Å²) in [6.07, 6.45) is 0.831. The second-order valence-electron chi connectivity index (χ2n) is 5.37. The van der Waals surface area contributed by atoms with Crippen LogP contribution in [-0.4, -0.2) is 24.0 Å². The first-order chi connectivity index (χ1) is 9.73. The second-order valence-corrected chi connectivity index (χ2v) is 6.19. The van der Waals surface area contributed by atoms with Crippen LogP contribution in [0.1, 0.15) is 32.8 Å². The number of nitrogens with one attached hydrogen (secondary N) is 1. The van der Waals surface area contributed by atoms with Gasteiger partial charge in [0.05, 0.1) is 16.5 Å². The van der Waals surface area contributed by atoms with E-state index in [9.17, 15) is 9.59 Å². The Hall–Kier alpha value is -1.26. The Balaban J connectivity index is 2.44. The zero-order chi connectivity index (χ0) is 16.0. The summed E-state index contributed by atoms with van der Waals surface area (Å²) in [5.74, 6) is -0.804. The van der Waals surface area contributed by atoms with Crippen molar-refractivity contribution in [2.45, 2.75) is 39.2 Å². The van der Waals surface area contributed by atoms with E-state index in [4.69, 9.17) is 27.9 Å². The Morgan fingerprint density at radius 3 is 2.48 bits per heavy atom. The zero-order valence-corrected chi connectivity index (χ0v) is 13.8. The topological polar surface area (TPSA) is 55.4 Å². The van der Waals surface area contributed by atoms with Gasteiger partial charge in [-0.2, -0.15) is 0 Å². The molecule has 0 aliphatic carbocycles. The molecule has 1 aromatic rings. The molecule has 0 radical (unpaired) electrons. The molecule has 0 saturated heterocycles. The van der Waals surface area contributed by atoms with Crippen molar-refractivity contribution < 1.29 is 14.3 Å². The first-order valence-corrected chi connectivity index (χ1v) is 7.39. The van der Waals surface area contributed by atoms with Crippen LogP contribution >= 0.6 is 23.2 Å². The van der Waals surface area contributed by atoms with Crippen LogP contribution in [-0.2, 0) is 20.7 Å². The Morgan fingerprint density at radius 2 is 1.90 bits per heavy atom. The predicted molar refractivity (Wildman–Crippen MR) is 83.6 cm³/mol. The van der Waals surface area contributed by atoms with Gasteiger partial charge in [0.2, 0.25) is 0 Å². The van der Waals surface area contributed by atoms with Crippen LogP contribution in [0, 0.1) is 0 Å². The molecule has 6 heteroatoms. The maximum Gasteiger partial charge on any atom is 0.310 e. The van der Waals surface area contributed by atoms with Crippen molar-refractivity contribution >= 4 is 35.1 Å². The number of esters is 1. The Kier molecular flexibility index (Phi) is 6.49. The summed E-state index contributed by atoms with van der Waals surface area (Å²) in [6, 6.07) is 4.91. The van der Waals surface area contributed by atoms with Gasteiger partial charge in [0.25, 0.3) is 5.91 Å². The summed E-state index contributed by atoms with van der Waals surface area (Å²) < 4.78 is 4.94. The van der Waals surface area contributed by atoms with Crippen LogP contribution < -0.4 is 5.32 Å². The predicted octanol–water partition coefficient (Wildman–Crippen LogP) is 3.38. The van der Waals surface area contributed by atoms with E-state index in [0.29, 0.717) is 15.6 Å². The van der Waals surface area contributed by atoms with Gasteiger partial charge in [-0.05, 0) is 38.0 Å². The standard InChI is InChI=1S/C15H19Cl2NO3/c1-4-15(2,3)18-13(19)9-21-14(20)8-10-5-6-11(16)12(17)7-10/h5-7H,4,8-9H2,1-3H3,(H,18,19). The second kappa shape index (κ2) is 7.66. The summed E-state index contributed by atoms with van der Waals surface area (Å²) in [5, 5.41) is 3.59. The number of hydrogen-bond acceptors (Lipinski definition) is 3. The summed E-state index contributed by atoms with van der Waals surface area (Å²) in [4.78, 5) is 23.3. The van der Waals surface area contributed by atoms with Gasteiger partial charge >= 0.3 is 5.97 Å². The van der Waals surface area contributed by atoms with Gasteiger partial charge < -0.3 is 10.1 Å². The lowest BCUT2D eigenvalue weighted by Crippen LogP contribution is -2.44. The minimum Gasteiger partial charge on any atom is -0.455 e. The summed E-state index contributed by atoms with van der Waals surface area (Å²) in [7, 11) is 0. The highest BCUT2D eigenvalue weighted by Crippen LogP contribution is 2.22. The van der Waals surface area contributed by atoms with Crippen molar-refractivity contribution in [3.63, 3.8) is 0 Å². The molecule has 0 bridgehead atoms. The van der Waals surface area contributed by atoms with Crippen LogP contribution in [0.3, 0.4) is 0 Å². The van der Waals surface area contributed by atoms with Gasteiger partial charge in [0, 0.05) is 5.54 Å². The number of benzene rings is 1. The third-order valence-electron chi connectivity index (χ3n) is 3.06. The van der Waals surface area contributed by atoms with E-state index in [-0.39, 0.29) is 24.5 Å². The normalized spacial score (nSPS) is 11.1. The zero-order valence-electron chi connectivity index (χ0n) is 12.3. The molecule has 1 aromatic carbocycles. The number of carbonyl (C=O) groups excluding carboxylic acids is 2. The van der Waals surface area contributed by atoms with Gasteiger partial charge in [-0.3, -0.25) is 9.59 Å². The van der Waals surface area contributed by atoms with Crippen LogP contribution in [0.5, 0.6) is 0 Å². The quantitative estimate of drug-likeness (QED) is 0.813. The van der Waals surface area contributed by atoms with Crippen LogP contribution in [0.4, 0.5) is 0 Å². The molecule has 0 saturated carbocycles. The largest absolute Gasteiger partial charge is 0.455 e. The van der Waals surface area contributed by atoms with E-state index in [0.717, 1.165) is 6.42 Å². The fourth-order valence-corrected chi connectivity index (χ4v) is 1.84. The van der Waals surface area contributed by atoms with Crippen LogP contribution in [0.2, 0.25) is 10.0 Å². The van der Waals surface area contributed by atoms with Crippen molar-refractivity contribution in [3.05, 3.63) is 33.8 Å². The summed E-state index contributed by atoms with van der Waals surface area (Å²) in [5.41, 5.74) is 0.372. The third-order valence-corrected chi connectivity index (χ3v) is 3.80. The number of rotatable bonds is 6. The van der Waals surface area contributed by atoms with Gasteiger partial charge in [0.1, 0.15) is 0 Å². The molecule has 4 nitrogen and oxygen atoms in total. The minimum atomic E-state index is -0.488. The number of hydrogen-bond donors (Lipinski definition) is 1. The minimum absolute atomic E-state index is 0.0430. The fraction of sp³-hybridized carbons (Fsp3) is 0.467. The molecule has 0 unspecified atom stereocenters. The van der Waals surface area contributed by atoms with E-state index < -0.39 is 5.97 Å². The van der Waals surface area contributed by atoms with E-state index >= 15 is 0 Å². The highest BCUT2D eigenvalue weighted by Gasteiger charge is 2.18. The number of amides is 1. The summed E-state index contributed by atoms with van der Waals surface area (Å²) >= 11 is 11.7. The van der Waals surface area contributed by atoms with Gasteiger partial charge in [-0.1, -0.05) is 36.2 Å². The van der Waals surface area contributed by atoms with E-state index in [2.05, 4.69) is 5.32 Å². The Bertz CT molecular complexity index is 530. The van der Waals surface area contributed by atoms with Gasteiger partial charge in [-0.15, -0.1) is 0 Å². The number of ether oxygens (including phenoxy) is 1. The fourth-order valence-electron chi connectivity index (χ4n) is 1.52. The lowest BCUT2D eigenvalue weighted by molar-refractivity contribution is -0.148. The molecule has 1 amide bonds. The highest BCUT2D eigenvalue weighted by molar-refractivity contribution is 6.42. The lowest BCUT2D eigenvalue weighted by Gasteiger charge is -2.24. The van der Waals surface area contributed by atoms with Gasteiger partial charge in [-0.25, -0.2) is 0 Å². The lowest BCUT2D eigenvalue weighted by atomic mass is 10.0. The molecule has 0 atom stereocenters. The average molecular weight is 332 g/mol. The molecular formula is C15H19Cl2NO3. The SMILES string of the molecule is CCC(C)(C)NC(=O)COC(=O)Cc1ccc(Cl)c(Cl)c1. The van der Waals surface area contributed by atoms with Crippen LogP contribution in [0.25, 0.3) is 0 Å². The molecule has 0 aromatic heterocycles. The molecule has 0 aliphatic heterocycles. The molecule has 0 spiro atoms. The van der Waals surface area contributed by atoms with Crippen LogP contribution in [0.15, 0.2) is 18.2 Å². The maximum atomic E-state index is 11.7. The van der Waals surface area contributed by atoms with Crippen molar-refractivity contribution in [2.75, 3.05) is 6.61 Å². The number of halogens is 2. The Labute approximate surface area is 134 Å². The van der Waals surface area contributed by atoms with Crippen molar-refractivity contribution in [1.29, 1.82) is 0 Å². The molecule has 21 heavy (non-hydrogen) atoms. The first kappa shape index (κ1) is 17.8. The average Bonchev–Trinajstić information content (AvgIpc) is 2.40. The maximum absolute atomic E-state index is 11.7. The van der Waals surface area contributed by atoms with Crippen molar-refractivity contribution in [1.82, 2.24) is 5.32 Å². The molecular weight excluding hydrogens is 313 g/mol. The van der Waals surface area contributed by atoms with Gasteiger partial charge in [0.15, 0.2) is 6.61 Å². The first-order valence-electron chi connectivity index (χ1n) is 6.64. The number of carbonyl (C=O) groups is 2. The monoisotopic (exact) mass is 331 g/mol. The van der Waals surface area contributed by atoms with Crippen molar-refractivity contribution in [2.24, 2.45) is 0 Å². The van der Waals surface area contributed by atoms with Crippen molar-refractivity contribution in [3.8, 4) is 0 Å². The van der Waals surface area contributed by atoms with E-state index in [1.165, 1.54) is 0 Å². The molecule has 1 N–H and O–H groups in total. The smallest absolute Gasteiger partial charge is 0.310 e. The molecule has 0 heterocycles. The molecule has 116 valence electrons. The summed E-state index contributed by atoms with van der Waals surface area (Å²) in [6.45, 7) is 5.49. The molecule has 0 fully saturated rings.